The summed E-state index contributed by atoms with van der Waals surface area (Å²) >= 11 is 0. The minimum absolute atomic E-state index is 0.712. The molecule has 0 spiro atoms. The van der Waals surface area contributed by atoms with Crippen molar-refractivity contribution in [2.24, 2.45) is 5.92 Å². The van der Waals surface area contributed by atoms with Crippen LogP contribution >= 0.6 is 0 Å². The van der Waals surface area contributed by atoms with Crippen LogP contribution in [-0.4, -0.2) is 36.6 Å². The Balaban J connectivity index is 1.60. The van der Waals surface area contributed by atoms with Gasteiger partial charge < -0.3 is 5.32 Å². The van der Waals surface area contributed by atoms with Gasteiger partial charge in [0.05, 0.1) is 0 Å². The van der Waals surface area contributed by atoms with Crippen molar-refractivity contribution in [3.05, 3.63) is 0 Å². The van der Waals surface area contributed by atoms with Crippen molar-refractivity contribution in [1.29, 1.82) is 0 Å². The molecule has 0 saturated heterocycles. The molecule has 0 aliphatic heterocycles. The number of rotatable bonds is 7. The molecule has 0 amide bonds. The largest absolute Gasteiger partial charge is 0.313 e. The summed E-state index contributed by atoms with van der Waals surface area (Å²) < 4.78 is 0. The standard InChI is InChI=1S/C15H30N2/c1-13(2)17(12-14-8-9-14)11-10-16-15-6-4-3-5-7-15/h13-16H,3-12H2,1-2H3. The fourth-order valence-electron chi connectivity index (χ4n) is 2.91. The van der Waals surface area contributed by atoms with Gasteiger partial charge >= 0.3 is 0 Å². The van der Waals surface area contributed by atoms with Gasteiger partial charge in [-0.05, 0) is 45.4 Å². The maximum Gasteiger partial charge on any atom is 0.0110 e. The van der Waals surface area contributed by atoms with E-state index in [1.165, 1.54) is 64.6 Å². The van der Waals surface area contributed by atoms with Crippen molar-refractivity contribution in [3.63, 3.8) is 0 Å². The van der Waals surface area contributed by atoms with Gasteiger partial charge in [-0.25, -0.2) is 0 Å². The topological polar surface area (TPSA) is 15.3 Å². The van der Waals surface area contributed by atoms with Crippen LogP contribution in [0.3, 0.4) is 0 Å². The van der Waals surface area contributed by atoms with Crippen molar-refractivity contribution < 1.29 is 0 Å². The summed E-state index contributed by atoms with van der Waals surface area (Å²) in [6.07, 6.45) is 10.1. The van der Waals surface area contributed by atoms with E-state index < -0.39 is 0 Å². The summed E-state index contributed by atoms with van der Waals surface area (Å²) in [5.74, 6) is 1.02. The summed E-state index contributed by atoms with van der Waals surface area (Å²) in [5.41, 5.74) is 0. The Morgan fingerprint density at radius 3 is 2.35 bits per heavy atom. The summed E-state index contributed by atoms with van der Waals surface area (Å²) in [6.45, 7) is 8.44. The van der Waals surface area contributed by atoms with E-state index in [1.54, 1.807) is 0 Å². The van der Waals surface area contributed by atoms with Crippen molar-refractivity contribution in [1.82, 2.24) is 10.2 Å². The van der Waals surface area contributed by atoms with Crippen LogP contribution in [0.1, 0.15) is 58.8 Å². The minimum Gasteiger partial charge on any atom is -0.313 e. The molecule has 0 unspecified atom stereocenters. The normalized spacial score (nSPS) is 22.6. The van der Waals surface area contributed by atoms with Gasteiger partial charge in [-0.2, -0.15) is 0 Å². The van der Waals surface area contributed by atoms with Crippen LogP contribution in [0.4, 0.5) is 0 Å². The molecular formula is C15H30N2. The highest BCUT2D eigenvalue weighted by Crippen LogP contribution is 2.30. The van der Waals surface area contributed by atoms with Gasteiger partial charge in [-0.1, -0.05) is 19.3 Å². The first-order chi connectivity index (χ1) is 8.25. The molecule has 0 bridgehead atoms. The van der Waals surface area contributed by atoms with Gasteiger partial charge in [0.2, 0.25) is 0 Å². The summed E-state index contributed by atoms with van der Waals surface area (Å²) in [5, 5.41) is 3.76. The molecule has 2 heteroatoms. The van der Waals surface area contributed by atoms with Crippen LogP contribution in [0.15, 0.2) is 0 Å². The van der Waals surface area contributed by atoms with Crippen molar-refractivity contribution in [3.8, 4) is 0 Å². The van der Waals surface area contributed by atoms with Crippen LogP contribution in [0.5, 0.6) is 0 Å². The number of nitrogens with one attached hydrogen (secondary N) is 1. The zero-order valence-electron chi connectivity index (χ0n) is 11.8. The Morgan fingerprint density at radius 1 is 1.06 bits per heavy atom. The first-order valence-electron chi connectivity index (χ1n) is 7.73. The Bertz CT molecular complexity index is 205. The monoisotopic (exact) mass is 238 g/mol. The van der Waals surface area contributed by atoms with Crippen LogP contribution < -0.4 is 5.32 Å². The summed E-state index contributed by atoms with van der Waals surface area (Å²) in [6, 6.07) is 1.53. The van der Waals surface area contributed by atoms with Crippen molar-refractivity contribution >= 4 is 0 Å². The maximum atomic E-state index is 3.76. The zero-order valence-corrected chi connectivity index (χ0v) is 11.8. The fourth-order valence-corrected chi connectivity index (χ4v) is 2.91. The van der Waals surface area contributed by atoms with E-state index in [0.29, 0.717) is 6.04 Å². The molecule has 2 fully saturated rings. The SMILES string of the molecule is CC(C)N(CCNC1CCCCC1)CC1CC1. The third kappa shape index (κ3) is 4.97. The Hall–Kier alpha value is -0.0800. The molecule has 2 nitrogen and oxygen atoms in total. The lowest BCUT2D eigenvalue weighted by Gasteiger charge is -2.29. The molecule has 100 valence electrons. The second-order valence-electron chi connectivity index (χ2n) is 6.32. The van der Waals surface area contributed by atoms with Crippen LogP contribution in [0.25, 0.3) is 0 Å². The lowest BCUT2D eigenvalue weighted by atomic mass is 9.95. The second kappa shape index (κ2) is 6.75. The summed E-state index contributed by atoms with van der Waals surface area (Å²) in [4.78, 5) is 2.66. The average Bonchev–Trinajstić information content (AvgIpc) is 3.13. The predicted octanol–water partition coefficient (Wildman–Crippen LogP) is 3.03. The maximum absolute atomic E-state index is 3.76. The first kappa shape index (κ1) is 13.4. The van der Waals surface area contributed by atoms with Crippen molar-refractivity contribution in [2.75, 3.05) is 19.6 Å². The van der Waals surface area contributed by atoms with E-state index >= 15 is 0 Å². The highest BCUT2D eigenvalue weighted by molar-refractivity contribution is 4.79. The van der Waals surface area contributed by atoms with E-state index in [9.17, 15) is 0 Å². The predicted molar refractivity (Wildman–Crippen MR) is 74.3 cm³/mol. The van der Waals surface area contributed by atoms with Gasteiger partial charge in [0.15, 0.2) is 0 Å². The molecular weight excluding hydrogens is 208 g/mol. The Kier molecular flexibility index (Phi) is 5.30. The lowest BCUT2D eigenvalue weighted by molar-refractivity contribution is 0.207. The molecule has 2 aliphatic rings. The van der Waals surface area contributed by atoms with Gasteiger partial charge in [0, 0.05) is 31.7 Å². The number of hydrogen-bond acceptors (Lipinski definition) is 2. The fraction of sp³-hybridized carbons (Fsp3) is 1.00. The third-order valence-electron chi connectivity index (χ3n) is 4.36. The molecule has 0 atom stereocenters. The van der Waals surface area contributed by atoms with Crippen LogP contribution in [-0.2, 0) is 0 Å². The van der Waals surface area contributed by atoms with Gasteiger partial charge in [0.25, 0.3) is 0 Å². The molecule has 0 heterocycles. The third-order valence-corrected chi connectivity index (χ3v) is 4.36. The summed E-state index contributed by atoms with van der Waals surface area (Å²) in [7, 11) is 0. The molecule has 2 aliphatic carbocycles. The van der Waals surface area contributed by atoms with E-state index in [2.05, 4.69) is 24.1 Å². The van der Waals surface area contributed by atoms with Crippen LogP contribution in [0, 0.1) is 5.92 Å². The Labute approximate surface area is 107 Å². The number of nitrogens with zero attached hydrogens (tertiary/aromatic N) is 1. The van der Waals surface area contributed by atoms with E-state index in [-0.39, 0.29) is 0 Å². The average molecular weight is 238 g/mol. The van der Waals surface area contributed by atoms with Gasteiger partial charge in [0.1, 0.15) is 0 Å². The quantitative estimate of drug-likeness (QED) is 0.733. The van der Waals surface area contributed by atoms with Crippen molar-refractivity contribution in [2.45, 2.75) is 70.9 Å². The zero-order chi connectivity index (χ0) is 12.1. The van der Waals surface area contributed by atoms with E-state index in [0.717, 1.165) is 12.0 Å². The lowest BCUT2D eigenvalue weighted by Crippen LogP contribution is -2.41. The molecule has 2 saturated carbocycles. The number of hydrogen-bond donors (Lipinski definition) is 1. The highest BCUT2D eigenvalue weighted by Gasteiger charge is 2.25. The molecule has 0 radical (unpaired) electrons. The highest BCUT2D eigenvalue weighted by atomic mass is 15.2. The van der Waals surface area contributed by atoms with Gasteiger partial charge in [-0.15, -0.1) is 0 Å². The van der Waals surface area contributed by atoms with Crippen LogP contribution in [0.2, 0.25) is 0 Å². The molecule has 17 heavy (non-hydrogen) atoms. The molecule has 2 rings (SSSR count). The first-order valence-corrected chi connectivity index (χ1v) is 7.73. The van der Waals surface area contributed by atoms with Gasteiger partial charge in [-0.3, -0.25) is 4.90 Å². The van der Waals surface area contributed by atoms with E-state index in [1.807, 2.05) is 0 Å². The smallest absolute Gasteiger partial charge is 0.0110 e. The second-order valence-corrected chi connectivity index (χ2v) is 6.32. The molecule has 0 aromatic heterocycles. The molecule has 1 N–H and O–H groups in total. The Morgan fingerprint density at radius 2 is 1.76 bits per heavy atom. The molecule has 0 aromatic rings. The minimum atomic E-state index is 0.712. The van der Waals surface area contributed by atoms with E-state index in [4.69, 9.17) is 0 Å². The molecule has 0 aromatic carbocycles.